The average molecular weight is 452 g/mol. The molecule has 3 amide bonds. The molecule has 33 heavy (non-hydrogen) atoms. The summed E-state index contributed by atoms with van der Waals surface area (Å²) in [5.74, 6) is 0.0629. The molecule has 2 aromatic carbocycles. The molecule has 0 unspecified atom stereocenters. The number of ether oxygens (including phenoxy) is 2. The Kier molecular flexibility index (Phi) is 6.26. The molecule has 1 fully saturated rings. The molecule has 0 spiro atoms. The van der Waals surface area contributed by atoms with Crippen molar-refractivity contribution in [1.29, 1.82) is 0 Å². The van der Waals surface area contributed by atoms with Crippen LogP contribution in [-0.4, -0.2) is 43.0 Å². The lowest BCUT2D eigenvalue weighted by Gasteiger charge is -2.38. The Morgan fingerprint density at radius 2 is 1.88 bits per heavy atom. The highest BCUT2D eigenvalue weighted by molar-refractivity contribution is 6.09. The van der Waals surface area contributed by atoms with E-state index in [9.17, 15) is 14.4 Å². The highest BCUT2D eigenvalue weighted by Gasteiger charge is 2.42. The fraction of sp³-hybridized carbons (Fsp3) is 0.400. The summed E-state index contributed by atoms with van der Waals surface area (Å²) >= 11 is 0. The first-order valence-corrected chi connectivity index (χ1v) is 11.2. The third kappa shape index (κ3) is 4.79. The molecule has 1 aliphatic carbocycles. The molecule has 2 aromatic rings. The summed E-state index contributed by atoms with van der Waals surface area (Å²) in [6.07, 6.45) is 4.11. The van der Waals surface area contributed by atoms with E-state index in [1.54, 1.807) is 50.2 Å². The van der Waals surface area contributed by atoms with Crippen LogP contribution in [0, 0.1) is 0 Å². The number of fused-ring (bicyclic) bond motifs is 1. The predicted molar refractivity (Wildman–Crippen MR) is 125 cm³/mol. The van der Waals surface area contributed by atoms with Gasteiger partial charge in [-0.1, -0.05) is 25.0 Å². The van der Waals surface area contributed by atoms with Crippen LogP contribution in [0.2, 0.25) is 0 Å². The van der Waals surface area contributed by atoms with E-state index in [2.05, 4.69) is 10.6 Å². The maximum absolute atomic E-state index is 13.1. The van der Waals surface area contributed by atoms with E-state index in [0.717, 1.165) is 25.7 Å². The molecule has 4 rings (SSSR count). The van der Waals surface area contributed by atoms with Gasteiger partial charge in [-0.3, -0.25) is 19.3 Å². The first kappa shape index (κ1) is 22.6. The summed E-state index contributed by atoms with van der Waals surface area (Å²) in [4.78, 5) is 40.2. The topological polar surface area (TPSA) is 97.0 Å². The third-order valence-corrected chi connectivity index (χ3v) is 6.01. The molecule has 8 heteroatoms. The maximum atomic E-state index is 13.1. The molecule has 2 aliphatic rings. The zero-order chi connectivity index (χ0) is 23.6. The molecule has 2 N–H and O–H groups in total. The second-order valence-electron chi connectivity index (χ2n) is 8.89. The Morgan fingerprint density at radius 3 is 2.61 bits per heavy atom. The molecule has 0 saturated heterocycles. The van der Waals surface area contributed by atoms with Crippen molar-refractivity contribution in [2.24, 2.45) is 0 Å². The number of benzene rings is 2. The van der Waals surface area contributed by atoms with E-state index >= 15 is 0 Å². The second kappa shape index (κ2) is 9.13. The molecule has 8 nitrogen and oxygen atoms in total. The van der Waals surface area contributed by atoms with Crippen molar-refractivity contribution in [3.05, 3.63) is 48.0 Å². The summed E-state index contributed by atoms with van der Waals surface area (Å²) in [6, 6.07) is 12.1. The Morgan fingerprint density at radius 1 is 1.15 bits per heavy atom. The highest BCUT2D eigenvalue weighted by Crippen LogP contribution is 2.38. The normalized spacial score (nSPS) is 17.2. The van der Waals surface area contributed by atoms with E-state index in [1.165, 1.54) is 12.0 Å². The van der Waals surface area contributed by atoms with Crippen LogP contribution in [0.3, 0.4) is 0 Å². The van der Waals surface area contributed by atoms with Crippen LogP contribution < -0.4 is 25.0 Å². The number of rotatable bonds is 6. The van der Waals surface area contributed by atoms with Gasteiger partial charge >= 0.3 is 0 Å². The second-order valence-corrected chi connectivity index (χ2v) is 8.89. The van der Waals surface area contributed by atoms with Crippen molar-refractivity contribution >= 4 is 29.1 Å². The Hall–Kier alpha value is -3.55. The molecule has 1 saturated carbocycles. The Balaban J connectivity index is 1.59. The van der Waals surface area contributed by atoms with Gasteiger partial charge in [-0.15, -0.1) is 0 Å². The summed E-state index contributed by atoms with van der Waals surface area (Å²) in [5.41, 5.74) is 0.136. The quantitative estimate of drug-likeness (QED) is 0.701. The number of amides is 3. The van der Waals surface area contributed by atoms with Crippen LogP contribution in [-0.2, 0) is 9.59 Å². The summed E-state index contributed by atoms with van der Waals surface area (Å²) in [6.45, 7) is 3.21. The van der Waals surface area contributed by atoms with Gasteiger partial charge in [0, 0.05) is 11.6 Å². The molecule has 1 aliphatic heterocycles. The Labute approximate surface area is 193 Å². The number of nitrogens with one attached hydrogen (secondary N) is 2. The van der Waals surface area contributed by atoms with Gasteiger partial charge in [0.25, 0.3) is 11.8 Å². The predicted octanol–water partition coefficient (Wildman–Crippen LogP) is 3.51. The number of methoxy groups -OCH3 is 1. The summed E-state index contributed by atoms with van der Waals surface area (Å²) < 4.78 is 11.2. The van der Waals surface area contributed by atoms with Crippen LogP contribution >= 0.6 is 0 Å². The third-order valence-electron chi connectivity index (χ3n) is 6.01. The number of carbonyl (C=O) groups excluding carboxylic acids is 3. The van der Waals surface area contributed by atoms with Crippen molar-refractivity contribution in [3.63, 3.8) is 0 Å². The standard InChI is InChI=1S/C25H29N3O5/c1-25(2)24(31)28(15-22(29)26-17-8-4-5-9-17)19-14-16(12-13-21(19)33-25)23(30)27-18-10-6-7-11-20(18)32-3/h6-7,10-14,17H,4-5,8-9,15H2,1-3H3,(H,26,29)(H,27,30). The lowest BCUT2D eigenvalue weighted by atomic mass is 10.0. The number of hydrogen-bond acceptors (Lipinski definition) is 5. The van der Waals surface area contributed by atoms with E-state index < -0.39 is 5.60 Å². The maximum Gasteiger partial charge on any atom is 0.271 e. The summed E-state index contributed by atoms with van der Waals surface area (Å²) in [5, 5.41) is 5.85. The van der Waals surface area contributed by atoms with Gasteiger partial charge in [0.1, 0.15) is 18.0 Å². The monoisotopic (exact) mass is 451 g/mol. The van der Waals surface area contributed by atoms with E-state index in [-0.39, 0.29) is 30.3 Å². The van der Waals surface area contributed by atoms with E-state index in [4.69, 9.17) is 9.47 Å². The minimum atomic E-state index is -1.12. The fourth-order valence-corrected chi connectivity index (χ4v) is 4.30. The number of hydrogen-bond donors (Lipinski definition) is 2. The van der Waals surface area contributed by atoms with Crippen molar-refractivity contribution in [1.82, 2.24) is 5.32 Å². The fourth-order valence-electron chi connectivity index (χ4n) is 4.30. The van der Waals surface area contributed by atoms with Crippen molar-refractivity contribution < 1.29 is 23.9 Å². The van der Waals surface area contributed by atoms with Crippen molar-refractivity contribution in [2.45, 2.75) is 51.2 Å². The lowest BCUT2D eigenvalue weighted by Crippen LogP contribution is -2.55. The molecule has 1 heterocycles. The zero-order valence-electron chi connectivity index (χ0n) is 19.1. The zero-order valence-corrected chi connectivity index (χ0v) is 19.1. The van der Waals surface area contributed by atoms with Gasteiger partial charge in [0.2, 0.25) is 5.91 Å². The minimum absolute atomic E-state index is 0.132. The number of carbonyl (C=O) groups is 3. The molecule has 0 radical (unpaired) electrons. The van der Waals surface area contributed by atoms with Gasteiger partial charge in [-0.25, -0.2) is 0 Å². The van der Waals surface area contributed by atoms with E-state index in [1.807, 2.05) is 6.07 Å². The first-order valence-electron chi connectivity index (χ1n) is 11.2. The van der Waals surface area contributed by atoms with Crippen molar-refractivity contribution in [2.75, 3.05) is 23.9 Å². The van der Waals surface area contributed by atoms with Gasteiger partial charge in [-0.2, -0.15) is 0 Å². The number of para-hydroxylation sites is 2. The van der Waals surface area contributed by atoms with Crippen LogP contribution in [0.1, 0.15) is 49.9 Å². The average Bonchev–Trinajstić information content (AvgIpc) is 3.29. The van der Waals surface area contributed by atoms with Gasteiger partial charge in [-0.05, 0) is 57.0 Å². The minimum Gasteiger partial charge on any atom is -0.495 e. The lowest BCUT2D eigenvalue weighted by molar-refractivity contribution is -0.134. The largest absolute Gasteiger partial charge is 0.495 e. The van der Waals surface area contributed by atoms with Gasteiger partial charge in [0.05, 0.1) is 18.5 Å². The Bertz CT molecular complexity index is 1080. The van der Waals surface area contributed by atoms with E-state index in [0.29, 0.717) is 28.4 Å². The molecule has 0 atom stereocenters. The first-order chi connectivity index (χ1) is 15.8. The molecule has 174 valence electrons. The molecular formula is C25H29N3O5. The van der Waals surface area contributed by atoms with Gasteiger partial charge in [0.15, 0.2) is 5.60 Å². The van der Waals surface area contributed by atoms with Gasteiger partial charge < -0.3 is 20.1 Å². The van der Waals surface area contributed by atoms with Crippen LogP contribution in [0.5, 0.6) is 11.5 Å². The highest BCUT2D eigenvalue weighted by atomic mass is 16.5. The smallest absolute Gasteiger partial charge is 0.271 e. The van der Waals surface area contributed by atoms with Crippen LogP contribution in [0.25, 0.3) is 0 Å². The van der Waals surface area contributed by atoms with Crippen LogP contribution in [0.4, 0.5) is 11.4 Å². The number of nitrogens with zero attached hydrogens (tertiary/aromatic N) is 1. The number of anilines is 2. The summed E-state index contributed by atoms with van der Waals surface area (Å²) in [7, 11) is 1.53. The molecular weight excluding hydrogens is 422 g/mol. The molecule has 0 aromatic heterocycles. The SMILES string of the molecule is COc1ccccc1NC(=O)c1ccc2c(c1)N(CC(=O)NC1CCCC1)C(=O)C(C)(C)O2. The van der Waals surface area contributed by atoms with Crippen LogP contribution in [0.15, 0.2) is 42.5 Å². The van der Waals surface area contributed by atoms with Crippen molar-refractivity contribution in [3.8, 4) is 11.5 Å². The molecule has 0 bridgehead atoms.